The highest BCUT2D eigenvalue weighted by atomic mass is 32.2. The molecule has 3 aromatic rings. The van der Waals surface area contributed by atoms with Crippen molar-refractivity contribution in [2.75, 3.05) is 24.2 Å². The van der Waals surface area contributed by atoms with Gasteiger partial charge in [0.1, 0.15) is 12.3 Å². The zero-order chi connectivity index (χ0) is 25.0. The Morgan fingerprint density at radius 1 is 1.09 bits per heavy atom. The van der Waals surface area contributed by atoms with Crippen molar-refractivity contribution in [3.05, 3.63) is 83.4 Å². The van der Waals surface area contributed by atoms with E-state index in [2.05, 4.69) is 5.32 Å². The number of nitrogens with zero attached hydrogens (tertiary/aromatic N) is 1. The number of carbonyl (C=O) groups is 1. The van der Waals surface area contributed by atoms with Gasteiger partial charge in [-0.25, -0.2) is 8.42 Å². The van der Waals surface area contributed by atoms with Crippen LogP contribution in [-0.2, 0) is 21.2 Å². The number of sulfonamides is 1. The molecule has 0 fully saturated rings. The molecule has 4 rings (SSSR count). The van der Waals surface area contributed by atoms with Crippen LogP contribution in [0.15, 0.2) is 76.5 Å². The van der Waals surface area contributed by atoms with Crippen LogP contribution < -0.4 is 14.4 Å². The molecule has 1 amide bonds. The predicted molar refractivity (Wildman–Crippen MR) is 141 cm³/mol. The summed E-state index contributed by atoms with van der Waals surface area (Å²) >= 11 is 1.54. The number of aryl methyl sites for hydroxylation is 2. The highest BCUT2D eigenvalue weighted by Gasteiger charge is 2.29. The summed E-state index contributed by atoms with van der Waals surface area (Å²) in [5.74, 6) is 0.448. The number of nitrogens with one attached hydrogen (secondary N) is 1. The number of fused-ring (bicyclic) bond motifs is 1. The number of amides is 1. The molecular formula is C27H30N2O4S2. The average molecular weight is 511 g/mol. The Balaban J connectivity index is 1.60. The van der Waals surface area contributed by atoms with E-state index in [1.165, 1.54) is 4.31 Å². The summed E-state index contributed by atoms with van der Waals surface area (Å²) in [6.07, 6.45) is 4.60. The van der Waals surface area contributed by atoms with Gasteiger partial charge >= 0.3 is 0 Å². The number of hydrogen-bond acceptors (Lipinski definition) is 5. The Hall–Kier alpha value is -2.97. The minimum atomic E-state index is -3.95. The van der Waals surface area contributed by atoms with Gasteiger partial charge in [-0.3, -0.25) is 9.10 Å². The second-order valence-electron chi connectivity index (χ2n) is 8.60. The minimum Gasteiger partial charge on any atom is -0.497 e. The molecule has 0 saturated heterocycles. The number of anilines is 1. The van der Waals surface area contributed by atoms with Crippen molar-refractivity contribution < 1.29 is 17.9 Å². The van der Waals surface area contributed by atoms with Crippen LogP contribution in [0, 0.1) is 6.92 Å². The van der Waals surface area contributed by atoms with Crippen LogP contribution in [0.1, 0.15) is 35.6 Å². The van der Waals surface area contributed by atoms with Crippen LogP contribution in [0.5, 0.6) is 5.75 Å². The highest BCUT2D eigenvalue weighted by molar-refractivity contribution is 7.98. The molecule has 1 aliphatic carbocycles. The molecule has 0 aliphatic heterocycles. The second kappa shape index (κ2) is 10.7. The lowest BCUT2D eigenvalue weighted by Gasteiger charge is -2.29. The Bertz CT molecular complexity index is 1290. The third-order valence-corrected chi connectivity index (χ3v) is 8.79. The first-order chi connectivity index (χ1) is 16.8. The van der Waals surface area contributed by atoms with E-state index in [0.29, 0.717) is 5.69 Å². The van der Waals surface area contributed by atoms with Crippen molar-refractivity contribution in [1.82, 2.24) is 5.32 Å². The van der Waals surface area contributed by atoms with E-state index in [0.717, 1.165) is 46.6 Å². The summed E-state index contributed by atoms with van der Waals surface area (Å²) in [5.41, 5.74) is 3.67. The van der Waals surface area contributed by atoms with E-state index in [9.17, 15) is 13.2 Å². The molecule has 0 radical (unpaired) electrons. The number of ether oxygens (including phenoxy) is 1. The molecule has 6 nitrogen and oxygen atoms in total. The molecular weight excluding hydrogens is 480 g/mol. The molecule has 0 heterocycles. The van der Waals surface area contributed by atoms with Gasteiger partial charge in [-0.1, -0.05) is 23.8 Å². The fraction of sp³-hybridized carbons (Fsp3) is 0.296. The van der Waals surface area contributed by atoms with E-state index in [1.807, 2.05) is 43.5 Å². The number of thioether (sulfide) groups is 1. The van der Waals surface area contributed by atoms with Crippen LogP contribution in [0.4, 0.5) is 5.69 Å². The summed E-state index contributed by atoms with van der Waals surface area (Å²) in [4.78, 5) is 14.3. The number of methoxy groups -OCH3 is 1. The van der Waals surface area contributed by atoms with E-state index in [-0.39, 0.29) is 23.4 Å². The maximum Gasteiger partial charge on any atom is 0.264 e. The monoisotopic (exact) mass is 510 g/mol. The molecule has 8 heteroatoms. The van der Waals surface area contributed by atoms with Gasteiger partial charge in [0.25, 0.3) is 10.0 Å². The summed E-state index contributed by atoms with van der Waals surface area (Å²) < 4.78 is 33.8. The third-order valence-electron chi connectivity index (χ3n) is 6.26. The maximum absolute atomic E-state index is 13.6. The first kappa shape index (κ1) is 25.1. The van der Waals surface area contributed by atoms with Gasteiger partial charge in [0.05, 0.1) is 23.7 Å². The van der Waals surface area contributed by atoms with Gasteiger partial charge in [0.15, 0.2) is 0 Å². The van der Waals surface area contributed by atoms with Crippen molar-refractivity contribution in [2.24, 2.45) is 0 Å². The van der Waals surface area contributed by atoms with Gasteiger partial charge < -0.3 is 10.1 Å². The van der Waals surface area contributed by atoms with E-state index >= 15 is 0 Å². The average Bonchev–Trinajstić information content (AvgIpc) is 2.87. The van der Waals surface area contributed by atoms with Crippen LogP contribution in [0.2, 0.25) is 0 Å². The van der Waals surface area contributed by atoms with Crippen molar-refractivity contribution in [3.63, 3.8) is 0 Å². The molecule has 35 heavy (non-hydrogen) atoms. The smallest absolute Gasteiger partial charge is 0.264 e. The van der Waals surface area contributed by atoms with E-state index in [4.69, 9.17) is 4.74 Å². The zero-order valence-electron chi connectivity index (χ0n) is 20.2. The second-order valence-corrected chi connectivity index (χ2v) is 11.3. The fourth-order valence-corrected chi connectivity index (χ4v) is 6.17. The third kappa shape index (κ3) is 5.65. The summed E-state index contributed by atoms with van der Waals surface area (Å²) in [6.45, 7) is 1.63. The molecule has 1 aliphatic rings. The first-order valence-electron chi connectivity index (χ1n) is 11.5. The van der Waals surface area contributed by atoms with Crippen LogP contribution in [-0.4, -0.2) is 34.2 Å². The molecule has 1 unspecified atom stereocenters. The van der Waals surface area contributed by atoms with Crippen molar-refractivity contribution in [2.45, 2.75) is 42.0 Å². The largest absolute Gasteiger partial charge is 0.497 e. The van der Waals surface area contributed by atoms with E-state index < -0.39 is 10.0 Å². The van der Waals surface area contributed by atoms with Gasteiger partial charge in [-0.2, -0.15) is 0 Å². The van der Waals surface area contributed by atoms with Gasteiger partial charge in [-0.15, -0.1) is 11.8 Å². The van der Waals surface area contributed by atoms with Gasteiger partial charge in [0, 0.05) is 4.90 Å². The summed E-state index contributed by atoms with van der Waals surface area (Å²) in [5, 5.41) is 3.08. The molecule has 0 bridgehead atoms. The van der Waals surface area contributed by atoms with Crippen molar-refractivity contribution >= 4 is 33.4 Å². The number of benzene rings is 3. The molecule has 184 valence electrons. The van der Waals surface area contributed by atoms with Crippen molar-refractivity contribution in [3.8, 4) is 5.75 Å². The molecule has 3 aromatic carbocycles. The topological polar surface area (TPSA) is 75.7 Å². The molecule has 0 spiro atoms. The minimum absolute atomic E-state index is 0.152. The summed E-state index contributed by atoms with van der Waals surface area (Å²) in [7, 11) is -2.31. The lowest BCUT2D eigenvalue weighted by molar-refractivity contribution is -0.120. The van der Waals surface area contributed by atoms with Crippen LogP contribution in [0.3, 0.4) is 0 Å². The van der Waals surface area contributed by atoms with Crippen molar-refractivity contribution in [1.29, 1.82) is 0 Å². The van der Waals surface area contributed by atoms with Gasteiger partial charge in [-0.05, 0) is 92.1 Å². The number of rotatable bonds is 8. The summed E-state index contributed by atoms with van der Waals surface area (Å²) in [6, 6.07) is 19.6. The quantitative estimate of drug-likeness (QED) is 0.426. The molecule has 0 saturated carbocycles. The predicted octanol–water partition coefficient (Wildman–Crippen LogP) is 5.11. The molecule has 0 aromatic heterocycles. The van der Waals surface area contributed by atoms with Crippen LogP contribution in [0.25, 0.3) is 0 Å². The Morgan fingerprint density at radius 2 is 1.80 bits per heavy atom. The van der Waals surface area contributed by atoms with E-state index in [1.54, 1.807) is 55.3 Å². The molecule has 1 atom stereocenters. The zero-order valence-corrected chi connectivity index (χ0v) is 21.8. The standard InChI is InChI=1S/C27H30N2O4S2/c1-19-7-9-21(10-8-19)29(35(31,32)24-14-12-23(34-3)13-15-24)18-27(30)28-26-6-4-5-20-17-22(33-2)11-16-25(20)26/h7-17,26H,4-6,18H2,1-3H3,(H,28,30). The fourth-order valence-electron chi connectivity index (χ4n) is 4.34. The normalized spacial score (nSPS) is 15.2. The van der Waals surface area contributed by atoms with Crippen LogP contribution >= 0.6 is 11.8 Å². The Labute approximate surface area is 211 Å². The molecule has 1 N–H and O–H groups in total. The Kier molecular flexibility index (Phi) is 7.72. The van der Waals surface area contributed by atoms with Gasteiger partial charge in [0.2, 0.25) is 5.91 Å². The lowest BCUT2D eigenvalue weighted by atomic mass is 9.87. The first-order valence-corrected chi connectivity index (χ1v) is 14.2. The Morgan fingerprint density at radius 3 is 2.46 bits per heavy atom. The number of carbonyl (C=O) groups excluding carboxylic acids is 1. The lowest BCUT2D eigenvalue weighted by Crippen LogP contribution is -2.42. The highest BCUT2D eigenvalue weighted by Crippen LogP contribution is 2.32. The maximum atomic E-state index is 13.6. The number of hydrogen-bond donors (Lipinski definition) is 1. The SMILES string of the molecule is COc1ccc2c(c1)CCCC2NC(=O)CN(c1ccc(C)cc1)S(=O)(=O)c1ccc(SC)cc1.